The summed E-state index contributed by atoms with van der Waals surface area (Å²) in [6.07, 6.45) is -0.643. The van der Waals surface area contributed by atoms with Crippen LogP contribution >= 0.6 is 15.9 Å². The summed E-state index contributed by atoms with van der Waals surface area (Å²) in [7, 11) is -1.12. The highest BCUT2D eigenvalue weighted by Crippen LogP contribution is 2.44. The molecule has 0 radical (unpaired) electrons. The number of halogens is 1. The van der Waals surface area contributed by atoms with Crippen molar-refractivity contribution in [2.45, 2.75) is 29.6 Å². The van der Waals surface area contributed by atoms with Crippen LogP contribution in [0.25, 0.3) is 0 Å². The lowest BCUT2D eigenvalue weighted by molar-refractivity contribution is 0.145. The van der Waals surface area contributed by atoms with Gasteiger partial charge in [-0.05, 0) is 37.6 Å². The van der Waals surface area contributed by atoms with Crippen molar-refractivity contribution in [2.24, 2.45) is 0 Å². The van der Waals surface area contributed by atoms with Gasteiger partial charge in [0, 0.05) is 9.37 Å². The minimum atomic E-state index is -1.12. The Kier molecular flexibility index (Phi) is 2.33. The highest BCUT2D eigenvalue weighted by molar-refractivity contribution is 9.10. The number of hydrogen-bond acceptors (Lipinski definition) is 2. The SMILES string of the molecule is CC1(C)C(O)c2cc(Br)ccc2S1=O. The van der Waals surface area contributed by atoms with Crippen molar-refractivity contribution < 1.29 is 9.32 Å². The van der Waals surface area contributed by atoms with Gasteiger partial charge in [-0.2, -0.15) is 0 Å². The van der Waals surface area contributed by atoms with Crippen molar-refractivity contribution in [3.05, 3.63) is 28.2 Å². The maximum atomic E-state index is 12.0. The fourth-order valence-electron chi connectivity index (χ4n) is 1.66. The predicted molar refractivity (Wildman–Crippen MR) is 59.6 cm³/mol. The predicted octanol–water partition coefficient (Wildman–Crippen LogP) is 2.38. The molecule has 1 aromatic carbocycles. The average molecular weight is 275 g/mol. The lowest BCUT2D eigenvalue weighted by atomic mass is 9.99. The molecule has 0 aromatic heterocycles. The maximum Gasteiger partial charge on any atom is 0.0971 e. The number of aliphatic hydroxyl groups is 1. The van der Waals surface area contributed by atoms with Crippen molar-refractivity contribution in [3.63, 3.8) is 0 Å². The van der Waals surface area contributed by atoms with Crippen LogP contribution in [0, 0.1) is 0 Å². The van der Waals surface area contributed by atoms with E-state index in [0.29, 0.717) is 0 Å². The second kappa shape index (κ2) is 3.15. The Morgan fingerprint density at radius 3 is 2.79 bits per heavy atom. The van der Waals surface area contributed by atoms with Gasteiger partial charge in [0.1, 0.15) is 0 Å². The summed E-state index contributed by atoms with van der Waals surface area (Å²) in [6.45, 7) is 3.64. The monoisotopic (exact) mass is 274 g/mol. The standard InChI is InChI=1S/C10H11BrO2S/c1-10(2)9(12)7-5-6(11)3-4-8(7)14(10)13/h3-5,9,12H,1-2H3. The van der Waals surface area contributed by atoms with Gasteiger partial charge in [0.2, 0.25) is 0 Å². The summed E-state index contributed by atoms with van der Waals surface area (Å²) >= 11 is 3.34. The van der Waals surface area contributed by atoms with E-state index in [0.717, 1.165) is 14.9 Å². The van der Waals surface area contributed by atoms with Gasteiger partial charge >= 0.3 is 0 Å². The smallest absolute Gasteiger partial charge is 0.0971 e. The molecular formula is C10H11BrO2S. The van der Waals surface area contributed by atoms with E-state index in [-0.39, 0.29) is 0 Å². The molecule has 0 fully saturated rings. The third kappa shape index (κ3) is 1.28. The normalized spacial score (nSPS) is 28.9. The quantitative estimate of drug-likeness (QED) is 0.789. The van der Waals surface area contributed by atoms with Crippen molar-refractivity contribution in [1.29, 1.82) is 0 Å². The molecule has 2 unspecified atom stereocenters. The Morgan fingerprint density at radius 2 is 2.14 bits per heavy atom. The summed E-state index contributed by atoms with van der Waals surface area (Å²) in [5, 5.41) is 9.99. The molecule has 14 heavy (non-hydrogen) atoms. The summed E-state index contributed by atoms with van der Waals surface area (Å²) in [4.78, 5) is 0.755. The van der Waals surface area contributed by atoms with Crippen LogP contribution in [0.15, 0.2) is 27.6 Å². The van der Waals surface area contributed by atoms with E-state index < -0.39 is 21.7 Å². The Labute approximate surface area is 93.9 Å². The van der Waals surface area contributed by atoms with E-state index in [4.69, 9.17) is 0 Å². The fraction of sp³-hybridized carbons (Fsp3) is 0.400. The minimum Gasteiger partial charge on any atom is -0.387 e. The molecule has 0 bridgehead atoms. The second-order valence-electron chi connectivity index (χ2n) is 3.96. The topological polar surface area (TPSA) is 37.3 Å². The molecule has 0 spiro atoms. The number of benzene rings is 1. The molecule has 1 aliphatic rings. The lowest BCUT2D eigenvalue weighted by Crippen LogP contribution is -2.27. The third-order valence-corrected chi connectivity index (χ3v) is 5.05. The number of rotatable bonds is 0. The van der Waals surface area contributed by atoms with Gasteiger partial charge in [0.15, 0.2) is 0 Å². The fourth-order valence-corrected chi connectivity index (χ4v) is 3.51. The van der Waals surface area contributed by atoms with Crippen LogP contribution in [0.1, 0.15) is 25.5 Å². The van der Waals surface area contributed by atoms with Gasteiger partial charge in [0.25, 0.3) is 0 Å². The number of fused-ring (bicyclic) bond motifs is 1. The molecule has 0 saturated heterocycles. The Morgan fingerprint density at radius 1 is 1.50 bits per heavy atom. The first-order chi connectivity index (χ1) is 6.44. The molecule has 0 saturated carbocycles. The zero-order chi connectivity index (χ0) is 10.5. The average Bonchev–Trinajstić information content (AvgIpc) is 2.29. The van der Waals surface area contributed by atoms with E-state index in [9.17, 15) is 9.32 Å². The molecule has 2 rings (SSSR count). The van der Waals surface area contributed by atoms with Crippen LogP contribution in [-0.4, -0.2) is 14.1 Å². The largest absolute Gasteiger partial charge is 0.387 e. The van der Waals surface area contributed by atoms with Gasteiger partial charge in [-0.3, -0.25) is 4.21 Å². The Balaban J connectivity index is 2.65. The van der Waals surface area contributed by atoms with Crippen LogP contribution in [0.5, 0.6) is 0 Å². The van der Waals surface area contributed by atoms with E-state index in [1.165, 1.54) is 0 Å². The summed E-state index contributed by atoms with van der Waals surface area (Å²) in [6, 6.07) is 5.50. The van der Waals surface area contributed by atoms with Crippen molar-refractivity contribution in [1.82, 2.24) is 0 Å². The molecule has 2 atom stereocenters. The second-order valence-corrected chi connectivity index (χ2v) is 6.90. The minimum absolute atomic E-state index is 0.580. The Hall–Kier alpha value is -0.190. The van der Waals surface area contributed by atoms with Gasteiger partial charge in [-0.25, -0.2) is 0 Å². The van der Waals surface area contributed by atoms with Crippen LogP contribution < -0.4 is 0 Å². The molecule has 4 heteroatoms. The van der Waals surface area contributed by atoms with Crippen molar-refractivity contribution in [2.75, 3.05) is 0 Å². The molecule has 1 aromatic rings. The molecule has 1 N–H and O–H groups in total. The van der Waals surface area contributed by atoms with Gasteiger partial charge < -0.3 is 5.11 Å². The third-order valence-electron chi connectivity index (χ3n) is 2.60. The molecule has 0 amide bonds. The van der Waals surface area contributed by atoms with Crippen LogP contribution in [0.2, 0.25) is 0 Å². The van der Waals surface area contributed by atoms with Gasteiger partial charge in [-0.15, -0.1) is 0 Å². The van der Waals surface area contributed by atoms with Crippen LogP contribution in [0.3, 0.4) is 0 Å². The summed E-state index contributed by atoms with van der Waals surface area (Å²) in [5.41, 5.74) is 0.780. The van der Waals surface area contributed by atoms with Crippen LogP contribution in [-0.2, 0) is 10.8 Å². The summed E-state index contributed by atoms with van der Waals surface area (Å²) in [5.74, 6) is 0. The molecule has 76 valence electrons. The first kappa shape index (κ1) is 10.3. The zero-order valence-electron chi connectivity index (χ0n) is 7.95. The molecule has 2 nitrogen and oxygen atoms in total. The number of hydrogen-bond donors (Lipinski definition) is 1. The summed E-state index contributed by atoms with van der Waals surface area (Å²) < 4.78 is 12.3. The molecule has 1 heterocycles. The van der Waals surface area contributed by atoms with Crippen molar-refractivity contribution in [3.8, 4) is 0 Å². The first-order valence-electron chi connectivity index (χ1n) is 4.34. The lowest BCUT2D eigenvalue weighted by Gasteiger charge is -2.20. The highest BCUT2D eigenvalue weighted by atomic mass is 79.9. The maximum absolute atomic E-state index is 12.0. The van der Waals surface area contributed by atoms with Crippen molar-refractivity contribution >= 4 is 26.7 Å². The van der Waals surface area contributed by atoms with E-state index >= 15 is 0 Å². The van der Waals surface area contributed by atoms with E-state index in [2.05, 4.69) is 15.9 Å². The highest BCUT2D eigenvalue weighted by Gasteiger charge is 2.44. The van der Waals surface area contributed by atoms with Crippen LogP contribution in [0.4, 0.5) is 0 Å². The van der Waals surface area contributed by atoms with Gasteiger partial charge in [0.05, 0.1) is 21.7 Å². The zero-order valence-corrected chi connectivity index (χ0v) is 10.4. The molecule has 1 aliphatic heterocycles. The molecule has 0 aliphatic carbocycles. The first-order valence-corrected chi connectivity index (χ1v) is 6.28. The number of aliphatic hydroxyl groups excluding tert-OH is 1. The van der Waals surface area contributed by atoms with Gasteiger partial charge in [-0.1, -0.05) is 15.9 Å². The van der Waals surface area contributed by atoms with E-state index in [1.807, 2.05) is 32.0 Å². The molecular weight excluding hydrogens is 264 g/mol. The Bertz CT molecular complexity index is 415. The van der Waals surface area contributed by atoms with E-state index in [1.54, 1.807) is 0 Å².